The van der Waals surface area contributed by atoms with Crippen molar-refractivity contribution in [1.82, 2.24) is 44.6 Å². The number of piperazine rings is 1. The quantitative estimate of drug-likeness (QED) is 0.101. The number of aromatic nitrogens is 6. The van der Waals surface area contributed by atoms with Crippen molar-refractivity contribution in [2.75, 3.05) is 75.5 Å². The van der Waals surface area contributed by atoms with E-state index in [1.165, 1.54) is 25.7 Å². The standard InChI is InChI=1S/C51H51Cl2N13O2/c1-31-38(15-9-33-11-19-44(56-3)58-29-33)46(62-50(54)60-31)35-13-17-40(42(52)27-35)48(67)64(4)22-21-57-45-20-12-34(30-59-45)10-16-39-32(2)61-51(55)63-47(39)36-14-18-41(43(53)28-36)49(68)66-25-23-65(24-26-66)37-7-5-6-8-37/h11-14,17-20,27-30,37H,5-8,21-26H2,1-4H3,(H,56,58)(H,57,59)(H2,54,60,62)(H2,55,61,63). The third kappa shape index (κ3) is 10.9. The number of halogens is 2. The maximum absolute atomic E-state index is 13.6. The zero-order chi connectivity index (χ0) is 47.9. The number of carbonyl (C=O) groups excluding carboxylic acids is 2. The van der Waals surface area contributed by atoms with Crippen LogP contribution in [0.4, 0.5) is 23.5 Å². The molecule has 0 unspecified atom stereocenters. The minimum atomic E-state index is -0.255. The van der Waals surface area contributed by atoms with Crippen LogP contribution in [0.5, 0.6) is 0 Å². The number of amides is 2. The SMILES string of the molecule is CNc1ccc(C#Cc2c(C)nc(N)nc2-c2ccc(C(=O)N(C)CCNc3ccc(C#Cc4c(C)nc(N)nc4-c4ccc(C(=O)N5CCN(C6CCCC6)CC5)c(Cl)c4)cn3)c(Cl)c2)cn1. The second kappa shape index (κ2) is 21.1. The summed E-state index contributed by atoms with van der Waals surface area (Å²) in [6.07, 6.45) is 8.42. The summed E-state index contributed by atoms with van der Waals surface area (Å²) in [4.78, 5) is 59.7. The van der Waals surface area contributed by atoms with Crippen LogP contribution in [-0.4, -0.2) is 116 Å². The van der Waals surface area contributed by atoms with E-state index in [1.807, 2.05) is 49.1 Å². The van der Waals surface area contributed by atoms with Gasteiger partial charge in [0.25, 0.3) is 11.8 Å². The van der Waals surface area contributed by atoms with Gasteiger partial charge in [-0.25, -0.2) is 29.9 Å². The smallest absolute Gasteiger partial charge is 0.255 e. The topological polar surface area (TPSA) is 197 Å². The van der Waals surface area contributed by atoms with Crippen LogP contribution < -0.4 is 22.1 Å². The van der Waals surface area contributed by atoms with Crippen LogP contribution in [-0.2, 0) is 0 Å². The molecule has 68 heavy (non-hydrogen) atoms. The van der Waals surface area contributed by atoms with Crippen molar-refractivity contribution < 1.29 is 9.59 Å². The summed E-state index contributed by atoms with van der Waals surface area (Å²) in [6, 6.07) is 18.5. The Kier molecular flexibility index (Phi) is 14.7. The van der Waals surface area contributed by atoms with Crippen LogP contribution in [0.3, 0.4) is 0 Å². The fourth-order valence-corrected chi connectivity index (χ4v) is 8.95. The highest BCUT2D eigenvalue weighted by Gasteiger charge is 2.29. The van der Waals surface area contributed by atoms with Crippen molar-refractivity contribution in [2.45, 2.75) is 45.6 Å². The van der Waals surface area contributed by atoms with Gasteiger partial charge in [0.1, 0.15) is 11.6 Å². The van der Waals surface area contributed by atoms with Crippen LogP contribution >= 0.6 is 23.2 Å². The Morgan fingerprint density at radius 2 is 1.25 bits per heavy atom. The molecule has 0 radical (unpaired) electrons. The summed E-state index contributed by atoms with van der Waals surface area (Å²) in [6.45, 7) is 7.54. The van der Waals surface area contributed by atoms with Crippen molar-refractivity contribution >= 4 is 58.5 Å². The van der Waals surface area contributed by atoms with E-state index in [0.717, 1.165) is 24.5 Å². The van der Waals surface area contributed by atoms with Crippen LogP contribution in [0.1, 0.15) is 80.0 Å². The number of hydrogen-bond donors (Lipinski definition) is 4. The van der Waals surface area contributed by atoms with Crippen LogP contribution in [0.25, 0.3) is 22.5 Å². The van der Waals surface area contributed by atoms with Gasteiger partial charge in [0, 0.05) is 94.1 Å². The molecule has 0 bridgehead atoms. The number of likely N-dealkylation sites (N-methyl/N-ethyl adjacent to an activating group) is 1. The van der Waals surface area contributed by atoms with E-state index in [0.29, 0.717) is 105 Å². The normalized spacial score (nSPS) is 13.8. The predicted octanol–water partition coefficient (Wildman–Crippen LogP) is 7.20. The van der Waals surface area contributed by atoms with Gasteiger partial charge in [-0.2, -0.15) is 0 Å². The number of pyridine rings is 2. The monoisotopic (exact) mass is 947 g/mol. The summed E-state index contributed by atoms with van der Waals surface area (Å²) < 4.78 is 0. The first-order valence-corrected chi connectivity index (χ1v) is 23.2. The fraction of sp³-hybridized carbons (Fsp3) is 0.294. The Bertz CT molecular complexity index is 2980. The molecule has 1 saturated carbocycles. The average molecular weight is 949 g/mol. The number of nitrogen functional groups attached to an aromatic ring is 2. The molecule has 5 heterocycles. The third-order valence-corrected chi connectivity index (χ3v) is 12.8. The van der Waals surface area contributed by atoms with Gasteiger partial charge in [-0.3, -0.25) is 14.5 Å². The second-order valence-electron chi connectivity index (χ2n) is 16.7. The van der Waals surface area contributed by atoms with Gasteiger partial charge in [0.15, 0.2) is 0 Å². The number of anilines is 4. The highest BCUT2D eigenvalue weighted by molar-refractivity contribution is 6.34. The number of nitrogens with one attached hydrogen (secondary N) is 2. The summed E-state index contributed by atoms with van der Waals surface area (Å²) in [7, 11) is 3.50. The van der Waals surface area contributed by atoms with Crippen molar-refractivity contribution in [1.29, 1.82) is 0 Å². The van der Waals surface area contributed by atoms with E-state index in [2.05, 4.69) is 69.1 Å². The summed E-state index contributed by atoms with van der Waals surface area (Å²) in [5.74, 6) is 13.9. The molecule has 2 aliphatic rings. The van der Waals surface area contributed by atoms with E-state index >= 15 is 0 Å². The molecule has 8 rings (SSSR count). The lowest BCUT2D eigenvalue weighted by Crippen LogP contribution is -2.51. The minimum Gasteiger partial charge on any atom is -0.373 e. The molecule has 2 fully saturated rings. The van der Waals surface area contributed by atoms with E-state index in [-0.39, 0.29) is 28.7 Å². The Morgan fingerprint density at radius 1 is 0.721 bits per heavy atom. The summed E-state index contributed by atoms with van der Waals surface area (Å²) in [5.41, 5.74) is 19.0. The lowest BCUT2D eigenvalue weighted by atomic mass is 10.0. The molecule has 6 aromatic rings. The van der Waals surface area contributed by atoms with Gasteiger partial charge >= 0.3 is 0 Å². The first kappa shape index (κ1) is 47.2. The van der Waals surface area contributed by atoms with Gasteiger partial charge in [-0.15, -0.1) is 0 Å². The Labute approximate surface area is 406 Å². The zero-order valence-corrected chi connectivity index (χ0v) is 39.8. The second-order valence-corrected chi connectivity index (χ2v) is 17.5. The zero-order valence-electron chi connectivity index (χ0n) is 38.3. The lowest BCUT2D eigenvalue weighted by molar-refractivity contribution is 0.0573. The van der Waals surface area contributed by atoms with E-state index in [9.17, 15) is 9.59 Å². The fourth-order valence-electron chi connectivity index (χ4n) is 8.42. The van der Waals surface area contributed by atoms with Crippen LogP contribution in [0.2, 0.25) is 10.0 Å². The molecule has 1 saturated heterocycles. The minimum absolute atomic E-state index is 0.0752. The van der Waals surface area contributed by atoms with E-state index in [4.69, 9.17) is 34.7 Å². The number of nitrogens with zero attached hydrogens (tertiary/aromatic N) is 9. The highest BCUT2D eigenvalue weighted by atomic mass is 35.5. The third-order valence-electron chi connectivity index (χ3n) is 12.1. The number of nitrogens with two attached hydrogens (primary N) is 2. The van der Waals surface area contributed by atoms with Crippen molar-refractivity contribution in [2.24, 2.45) is 0 Å². The lowest BCUT2D eigenvalue weighted by Gasteiger charge is -2.38. The van der Waals surface area contributed by atoms with E-state index < -0.39 is 0 Å². The Morgan fingerprint density at radius 3 is 1.75 bits per heavy atom. The van der Waals surface area contributed by atoms with Gasteiger partial charge in [0.2, 0.25) is 11.9 Å². The number of carbonyl (C=O) groups is 2. The molecule has 0 spiro atoms. The van der Waals surface area contributed by atoms with E-state index in [1.54, 1.807) is 61.7 Å². The first-order valence-electron chi connectivity index (χ1n) is 22.4. The molecule has 6 N–H and O–H groups in total. The number of benzene rings is 2. The molecule has 1 aliphatic carbocycles. The molecule has 1 aliphatic heterocycles. The molecule has 2 aromatic carbocycles. The number of rotatable bonds is 10. The first-order chi connectivity index (χ1) is 32.8. The predicted molar refractivity (Wildman–Crippen MR) is 268 cm³/mol. The molecular formula is C51H51Cl2N13O2. The molecule has 2 amide bonds. The van der Waals surface area contributed by atoms with Crippen LogP contribution in [0.15, 0.2) is 73.1 Å². The highest BCUT2D eigenvalue weighted by Crippen LogP contribution is 2.32. The van der Waals surface area contributed by atoms with Gasteiger partial charge in [0.05, 0.1) is 55.1 Å². The van der Waals surface area contributed by atoms with Crippen molar-refractivity contribution in [3.8, 4) is 46.2 Å². The Hall–Kier alpha value is -7.30. The molecule has 17 heteroatoms. The van der Waals surface area contributed by atoms with Crippen LogP contribution in [0, 0.1) is 37.5 Å². The maximum Gasteiger partial charge on any atom is 0.255 e. The average Bonchev–Trinajstić information content (AvgIpc) is 3.89. The molecular weight excluding hydrogens is 898 g/mol. The molecule has 15 nitrogen and oxygen atoms in total. The molecule has 346 valence electrons. The number of hydrogen-bond acceptors (Lipinski definition) is 13. The molecule has 4 aromatic heterocycles. The maximum atomic E-state index is 13.6. The van der Waals surface area contributed by atoms with Crippen molar-refractivity contribution in [3.63, 3.8) is 0 Å². The largest absolute Gasteiger partial charge is 0.373 e. The van der Waals surface area contributed by atoms with Crippen molar-refractivity contribution in [3.05, 3.63) is 128 Å². The van der Waals surface area contributed by atoms with Gasteiger partial charge in [-0.1, -0.05) is 71.9 Å². The van der Waals surface area contributed by atoms with Gasteiger partial charge < -0.3 is 31.9 Å². The Balaban J connectivity index is 0.881. The summed E-state index contributed by atoms with van der Waals surface area (Å²) in [5, 5.41) is 6.84. The molecule has 0 atom stereocenters. The van der Waals surface area contributed by atoms with Gasteiger partial charge in [-0.05, 0) is 75.2 Å². The number of aryl methyl sites for hydroxylation is 2. The summed E-state index contributed by atoms with van der Waals surface area (Å²) >= 11 is 13.5.